The number of nitrogens with one attached hydrogen (secondary N) is 4. The van der Waals surface area contributed by atoms with Crippen molar-refractivity contribution in [1.29, 1.82) is 10.8 Å². The maximum atomic E-state index is 13.3. The molecule has 1 aliphatic heterocycles. The van der Waals surface area contributed by atoms with Gasteiger partial charge in [-0.2, -0.15) is 0 Å². The van der Waals surface area contributed by atoms with Crippen LogP contribution >= 0.6 is 0 Å². The van der Waals surface area contributed by atoms with Crippen LogP contribution in [0.1, 0.15) is 12.0 Å². The highest BCUT2D eigenvalue weighted by Crippen LogP contribution is 2.20. The fourth-order valence-corrected chi connectivity index (χ4v) is 2.49. The quantitative estimate of drug-likeness (QED) is 0.455. The van der Waals surface area contributed by atoms with E-state index in [1.807, 2.05) is 17.0 Å². The molecule has 1 aliphatic rings. The van der Waals surface area contributed by atoms with Gasteiger partial charge in [0, 0.05) is 43.5 Å². The first kappa shape index (κ1) is 18.4. The molecule has 8 heteroatoms. The highest BCUT2D eigenvalue weighted by molar-refractivity contribution is 6.00. The molecule has 0 aliphatic carbocycles. The summed E-state index contributed by atoms with van der Waals surface area (Å²) < 4.78 is 13.3. The minimum atomic E-state index is -0.790. The molecule has 2 rings (SSSR count). The SMILES string of the molecule is CN/C=C(\C=N)NCC(=N)/C=C(\N)c1ccc(N2CC[C@H](F)C2)nc1. The predicted molar refractivity (Wildman–Crippen MR) is 99.8 cm³/mol. The Morgan fingerprint density at radius 3 is 2.88 bits per heavy atom. The molecule has 134 valence electrons. The largest absolute Gasteiger partial charge is 0.398 e. The summed E-state index contributed by atoms with van der Waals surface area (Å²) in [5, 5.41) is 21.0. The Hall–Kier alpha value is -2.90. The van der Waals surface area contributed by atoms with Gasteiger partial charge in [-0.3, -0.25) is 0 Å². The van der Waals surface area contributed by atoms with Crippen LogP contribution in [-0.4, -0.2) is 49.8 Å². The lowest BCUT2D eigenvalue weighted by Gasteiger charge is -2.16. The molecular formula is C17H24FN7. The molecule has 2 heterocycles. The lowest BCUT2D eigenvalue weighted by Crippen LogP contribution is -2.23. The Morgan fingerprint density at radius 2 is 2.32 bits per heavy atom. The van der Waals surface area contributed by atoms with Crippen LogP contribution in [0.4, 0.5) is 10.2 Å². The van der Waals surface area contributed by atoms with Crippen LogP contribution in [0.15, 0.2) is 36.3 Å². The van der Waals surface area contributed by atoms with E-state index < -0.39 is 6.17 Å². The molecule has 0 spiro atoms. The zero-order chi connectivity index (χ0) is 18.2. The Morgan fingerprint density at radius 1 is 1.52 bits per heavy atom. The van der Waals surface area contributed by atoms with Gasteiger partial charge in [-0.25, -0.2) is 9.37 Å². The van der Waals surface area contributed by atoms with Crippen molar-refractivity contribution in [3.8, 4) is 0 Å². The third kappa shape index (κ3) is 5.30. The summed E-state index contributed by atoms with van der Waals surface area (Å²) in [5.41, 5.74) is 8.03. The van der Waals surface area contributed by atoms with E-state index in [-0.39, 0.29) is 12.3 Å². The van der Waals surface area contributed by atoms with Crippen molar-refractivity contribution in [2.45, 2.75) is 12.6 Å². The van der Waals surface area contributed by atoms with Crippen LogP contribution in [0.5, 0.6) is 0 Å². The van der Waals surface area contributed by atoms with Crippen molar-refractivity contribution in [2.24, 2.45) is 5.73 Å². The molecule has 0 aromatic carbocycles. The van der Waals surface area contributed by atoms with Crippen molar-refractivity contribution >= 4 is 23.4 Å². The van der Waals surface area contributed by atoms with Crippen LogP contribution in [0.3, 0.4) is 0 Å². The molecule has 0 unspecified atom stereocenters. The van der Waals surface area contributed by atoms with E-state index in [9.17, 15) is 4.39 Å². The minimum absolute atomic E-state index is 0.251. The van der Waals surface area contributed by atoms with E-state index >= 15 is 0 Å². The van der Waals surface area contributed by atoms with Gasteiger partial charge in [0.25, 0.3) is 0 Å². The fraction of sp³-hybridized carbons (Fsp3) is 0.353. The molecule has 1 aromatic heterocycles. The van der Waals surface area contributed by atoms with E-state index in [1.54, 1.807) is 25.5 Å². The third-order valence-electron chi connectivity index (χ3n) is 3.80. The molecule has 1 fully saturated rings. The van der Waals surface area contributed by atoms with Gasteiger partial charge >= 0.3 is 0 Å². The summed E-state index contributed by atoms with van der Waals surface area (Å²) in [5.74, 6) is 0.737. The number of aromatic nitrogens is 1. The van der Waals surface area contributed by atoms with E-state index in [0.29, 0.717) is 36.5 Å². The van der Waals surface area contributed by atoms with Crippen LogP contribution in [0, 0.1) is 10.8 Å². The standard InChI is InChI=1S/C17H24FN7/c1-22-10-15(7-19)23-9-14(20)6-16(21)12-2-3-17(24-8-12)25-5-4-13(18)11-25/h2-3,6-8,10,13,19-20,22-23H,4-5,9,11,21H2,1H3/b15-10+,16-6-,19-7?,20-14?/t13-/m0/s1. The first-order chi connectivity index (χ1) is 12.0. The average molecular weight is 345 g/mol. The van der Waals surface area contributed by atoms with E-state index in [2.05, 4.69) is 15.6 Å². The Labute approximate surface area is 146 Å². The number of pyridine rings is 1. The van der Waals surface area contributed by atoms with Gasteiger partial charge in [-0.05, 0) is 24.6 Å². The highest BCUT2D eigenvalue weighted by atomic mass is 19.1. The topological polar surface area (TPSA) is 114 Å². The fourth-order valence-electron chi connectivity index (χ4n) is 2.49. The molecule has 0 radical (unpaired) electrons. The van der Waals surface area contributed by atoms with Gasteiger partial charge < -0.3 is 32.1 Å². The first-order valence-corrected chi connectivity index (χ1v) is 8.05. The number of hydrogen-bond acceptors (Lipinski definition) is 7. The van der Waals surface area contributed by atoms with Crippen LogP contribution in [-0.2, 0) is 0 Å². The molecule has 0 bridgehead atoms. The van der Waals surface area contributed by atoms with Crippen LogP contribution in [0.2, 0.25) is 0 Å². The normalized spacial score (nSPS) is 18.2. The van der Waals surface area contributed by atoms with Crippen molar-refractivity contribution in [1.82, 2.24) is 15.6 Å². The zero-order valence-electron chi connectivity index (χ0n) is 14.2. The van der Waals surface area contributed by atoms with Crippen LogP contribution < -0.4 is 21.3 Å². The maximum Gasteiger partial charge on any atom is 0.128 e. The Kier molecular flexibility index (Phi) is 6.50. The lowest BCUT2D eigenvalue weighted by atomic mass is 10.1. The molecule has 6 N–H and O–H groups in total. The summed E-state index contributed by atoms with van der Waals surface area (Å²) in [6, 6.07) is 3.64. The lowest BCUT2D eigenvalue weighted by molar-refractivity contribution is 0.364. The van der Waals surface area contributed by atoms with Crippen molar-refractivity contribution in [3.63, 3.8) is 0 Å². The molecule has 7 nitrogen and oxygen atoms in total. The van der Waals surface area contributed by atoms with Crippen molar-refractivity contribution < 1.29 is 4.39 Å². The number of allylic oxidation sites excluding steroid dienone is 1. The molecule has 0 saturated carbocycles. The number of rotatable bonds is 8. The third-order valence-corrected chi connectivity index (χ3v) is 3.80. The van der Waals surface area contributed by atoms with Gasteiger partial charge in [-0.15, -0.1) is 0 Å². The van der Waals surface area contributed by atoms with Gasteiger partial charge in [-0.1, -0.05) is 0 Å². The Balaban J connectivity index is 1.95. The van der Waals surface area contributed by atoms with Gasteiger partial charge in [0.15, 0.2) is 0 Å². The van der Waals surface area contributed by atoms with E-state index in [1.165, 1.54) is 6.21 Å². The van der Waals surface area contributed by atoms with Crippen molar-refractivity contribution in [3.05, 3.63) is 41.9 Å². The second kappa shape index (κ2) is 8.81. The number of alkyl halides is 1. The molecule has 0 amide bonds. The molecule has 1 atom stereocenters. The van der Waals surface area contributed by atoms with Crippen molar-refractivity contribution in [2.75, 3.05) is 31.6 Å². The number of hydrogen-bond donors (Lipinski definition) is 5. The number of nitrogens with two attached hydrogens (primary N) is 1. The zero-order valence-corrected chi connectivity index (χ0v) is 14.2. The monoisotopic (exact) mass is 345 g/mol. The minimum Gasteiger partial charge on any atom is -0.398 e. The van der Waals surface area contributed by atoms with E-state index in [4.69, 9.17) is 16.6 Å². The summed E-state index contributed by atoms with van der Waals surface area (Å²) >= 11 is 0. The number of anilines is 1. The molecule has 1 saturated heterocycles. The second-order valence-electron chi connectivity index (χ2n) is 5.75. The average Bonchev–Trinajstić information content (AvgIpc) is 3.05. The summed E-state index contributed by atoms with van der Waals surface area (Å²) in [7, 11) is 1.74. The van der Waals surface area contributed by atoms with Crippen LogP contribution in [0.25, 0.3) is 5.70 Å². The summed E-state index contributed by atoms with van der Waals surface area (Å²) in [4.78, 5) is 6.25. The second-order valence-corrected chi connectivity index (χ2v) is 5.75. The number of nitrogens with zero attached hydrogens (tertiary/aromatic N) is 2. The maximum absolute atomic E-state index is 13.3. The van der Waals surface area contributed by atoms with Gasteiger partial charge in [0.1, 0.15) is 12.0 Å². The first-order valence-electron chi connectivity index (χ1n) is 8.05. The van der Waals surface area contributed by atoms with E-state index in [0.717, 1.165) is 5.82 Å². The molecule has 1 aromatic rings. The molecule has 25 heavy (non-hydrogen) atoms. The van der Waals surface area contributed by atoms with Gasteiger partial charge in [0.2, 0.25) is 0 Å². The Bertz CT molecular complexity index is 666. The number of halogens is 1. The molecular weight excluding hydrogens is 321 g/mol. The van der Waals surface area contributed by atoms with Gasteiger partial charge in [0.05, 0.1) is 24.5 Å². The summed E-state index contributed by atoms with van der Waals surface area (Å²) in [6.45, 7) is 1.30. The highest BCUT2D eigenvalue weighted by Gasteiger charge is 2.22. The smallest absolute Gasteiger partial charge is 0.128 e. The predicted octanol–water partition coefficient (Wildman–Crippen LogP) is 1.25. The summed E-state index contributed by atoms with van der Waals surface area (Å²) in [6.07, 6.45) is 5.74.